The highest BCUT2D eigenvalue weighted by Crippen LogP contribution is 2.11. The van der Waals surface area contributed by atoms with Gasteiger partial charge in [0.05, 0.1) is 0 Å². The SMILES string of the molecule is CC[Si](N=C=O)(N=C=O)c1ccccc1. The maximum Gasteiger partial charge on any atom is 0.362 e. The van der Waals surface area contributed by atoms with E-state index in [0.717, 1.165) is 5.19 Å². The normalized spacial score (nSPS) is 13.1. The summed E-state index contributed by atoms with van der Waals surface area (Å²) in [6, 6.07) is 9.69. The van der Waals surface area contributed by atoms with E-state index in [1.54, 1.807) is 0 Å². The Morgan fingerprint density at radius 1 is 1.13 bits per heavy atom. The lowest BCUT2D eigenvalue weighted by Gasteiger charge is -2.16. The first-order valence-corrected chi connectivity index (χ1v) is 6.63. The first-order valence-electron chi connectivity index (χ1n) is 4.52. The van der Waals surface area contributed by atoms with Gasteiger partial charge in [-0.2, -0.15) is 0 Å². The molecule has 0 atom stereocenters. The highest BCUT2D eigenvalue weighted by Gasteiger charge is 2.34. The molecule has 0 aliphatic heterocycles. The van der Waals surface area contributed by atoms with E-state index in [0.29, 0.717) is 6.04 Å². The Kier molecular flexibility index (Phi) is 3.89. The topological polar surface area (TPSA) is 58.9 Å². The summed E-state index contributed by atoms with van der Waals surface area (Å²) in [5, 5.41) is 0.819. The predicted molar refractivity (Wildman–Crippen MR) is 58.6 cm³/mol. The van der Waals surface area contributed by atoms with Gasteiger partial charge in [-0.25, -0.2) is 18.9 Å². The third-order valence-corrected chi connectivity index (χ3v) is 5.36. The molecular weight excluding hydrogens is 208 g/mol. The standard InChI is InChI=1S/C10H10N2O2Si/c1-2-15(11-8-13,12-9-14)10-6-4-3-5-7-10/h3-7H,2H2,1H3. The molecular formula is C10H10N2O2Si. The minimum Gasteiger partial charge on any atom is -0.213 e. The van der Waals surface area contributed by atoms with Crippen molar-refractivity contribution in [2.24, 2.45) is 9.32 Å². The van der Waals surface area contributed by atoms with Crippen LogP contribution in [0.15, 0.2) is 39.6 Å². The van der Waals surface area contributed by atoms with Gasteiger partial charge in [0, 0.05) is 0 Å². The van der Waals surface area contributed by atoms with Crippen LogP contribution in [0, 0.1) is 0 Å². The first-order chi connectivity index (χ1) is 7.29. The number of carbonyl (C=O) groups excluding carboxylic acids is 2. The molecule has 0 N–H and O–H groups in total. The summed E-state index contributed by atoms with van der Waals surface area (Å²) < 4.78 is 7.48. The smallest absolute Gasteiger partial charge is 0.213 e. The molecule has 1 aromatic rings. The van der Waals surface area contributed by atoms with Crippen LogP contribution in [0.3, 0.4) is 0 Å². The van der Waals surface area contributed by atoms with Crippen molar-refractivity contribution >= 4 is 25.7 Å². The van der Waals surface area contributed by atoms with Crippen molar-refractivity contribution in [2.45, 2.75) is 13.0 Å². The Morgan fingerprint density at radius 3 is 2.07 bits per heavy atom. The molecule has 0 spiro atoms. The lowest BCUT2D eigenvalue weighted by atomic mass is 10.4. The van der Waals surface area contributed by atoms with Crippen LogP contribution in [0.1, 0.15) is 6.92 Å². The van der Waals surface area contributed by atoms with E-state index in [1.807, 2.05) is 37.3 Å². The average Bonchev–Trinajstić information content (AvgIpc) is 2.30. The Labute approximate surface area is 88.5 Å². The number of hydrogen-bond acceptors (Lipinski definition) is 4. The van der Waals surface area contributed by atoms with Gasteiger partial charge in [-0.05, 0) is 11.2 Å². The van der Waals surface area contributed by atoms with Crippen molar-refractivity contribution in [2.75, 3.05) is 0 Å². The largest absolute Gasteiger partial charge is 0.362 e. The lowest BCUT2D eigenvalue weighted by molar-refractivity contribution is 0.565. The van der Waals surface area contributed by atoms with Gasteiger partial charge in [-0.1, -0.05) is 37.3 Å². The van der Waals surface area contributed by atoms with Gasteiger partial charge in [0.25, 0.3) is 0 Å². The zero-order chi connectivity index (χ0) is 11.1. The van der Waals surface area contributed by atoms with Gasteiger partial charge >= 0.3 is 8.40 Å². The highest BCUT2D eigenvalue weighted by molar-refractivity contribution is 6.89. The Bertz CT molecular complexity index is 402. The molecule has 0 radical (unpaired) electrons. The molecule has 4 nitrogen and oxygen atoms in total. The quantitative estimate of drug-likeness (QED) is 0.430. The molecule has 0 aliphatic rings. The van der Waals surface area contributed by atoms with Gasteiger partial charge in [0.1, 0.15) is 0 Å². The summed E-state index contributed by atoms with van der Waals surface area (Å²) in [7, 11) is -2.74. The second-order valence-corrected chi connectivity index (χ2v) is 6.31. The molecule has 0 bridgehead atoms. The summed E-state index contributed by atoms with van der Waals surface area (Å²) in [6.07, 6.45) is 3.01. The number of rotatable bonds is 4. The highest BCUT2D eigenvalue weighted by atomic mass is 28.3. The van der Waals surface area contributed by atoms with E-state index >= 15 is 0 Å². The molecule has 0 amide bonds. The van der Waals surface area contributed by atoms with Crippen molar-refractivity contribution in [3.05, 3.63) is 30.3 Å². The second kappa shape index (κ2) is 5.17. The van der Waals surface area contributed by atoms with Crippen LogP contribution in [0.25, 0.3) is 0 Å². The van der Waals surface area contributed by atoms with Gasteiger partial charge in [0.2, 0.25) is 12.2 Å². The first kappa shape index (κ1) is 11.3. The molecule has 1 rings (SSSR count). The molecule has 0 saturated heterocycles. The molecule has 0 unspecified atom stereocenters. The minimum atomic E-state index is -2.74. The fourth-order valence-electron chi connectivity index (χ4n) is 1.37. The van der Waals surface area contributed by atoms with Gasteiger partial charge in [-0.15, -0.1) is 0 Å². The predicted octanol–water partition coefficient (Wildman–Crippen LogP) is 1.03. The lowest BCUT2D eigenvalue weighted by Crippen LogP contribution is -2.43. The fourth-order valence-corrected chi connectivity index (χ4v) is 3.43. The molecule has 0 saturated carbocycles. The maximum atomic E-state index is 10.4. The second-order valence-electron chi connectivity index (χ2n) is 2.94. The van der Waals surface area contributed by atoms with E-state index in [1.165, 1.54) is 12.2 Å². The molecule has 1 aromatic carbocycles. The van der Waals surface area contributed by atoms with Crippen LogP contribution < -0.4 is 5.19 Å². The summed E-state index contributed by atoms with van der Waals surface area (Å²) in [5.74, 6) is 0. The zero-order valence-corrected chi connectivity index (χ0v) is 9.30. The molecule has 0 fully saturated rings. The molecule has 0 aromatic heterocycles. The molecule has 76 valence electrons. The van der Waals surface area contributed by atoms with Gasteiger partial charge < -0.3 is 0 Å². The summed E-state index contributed by atoms with van der Waals surface area (Å²) in [5.41, 5.74) is 0. The van der Waals surface area contributed by atoms with Crippen LogP contribution in [0.2, 0.25) is 6.04 Å². The van der Waals surface area contributed by atoms with E-state index in [9.17, 15) is 9.59 Å². The van der Waals surface area contributed by atoms with E-state index in [4.69, 9.17) is 0 Å². The van der Waals surface area contributed by atoms with Gasteiger partial charge in [0.15, 0.2) is 0 Å². The van der Waals surface area contributed by atoms with Crippen LogP contribution >= 0.6 is 0 Å². The van der Waals surface area contributed by atoms with Crippen molar-refractivity contribution in [3.8, 4) is 0 Å². The maximum absolute atomic E-state index is 10.4. The number of isocyanates is 2. The molecule has 5 heteroatoms. The van der Waals surface area contributed by atoms with E-state index < -0.39 is 8.40 Å². The summed E-state index contributed by atoms with van der Waals surface area (Å²) in [4.78, 5) is 20.8. The Hall–Kier alpha value is -1.80. The molecule has 15 heavy (non-hydrogen) atoms. The van der Waals surface area contributed by atoms with E-state index in [-0.39, 0.29) is 0 Å². The monoisotopic (exact) mass is 218 g/mol. The molecule has 0 heterocycles. The minimum absolute atomic E-state index is 0.543. The number of hydrogen-bond donors (Lipinski definition) is 0. The Morgan fingerprint density at radius 2 is 1.67 bits per heavy atom. The number of nitrogens with zero attached hydrogens (tertiary/aromatic N) is 2. The zero-order valence-electron chi connectivity index (χ0n) is 8.30. The van der Waals surface area contributed by atoms with Crippen molar-refractivity contribution in [3.63, 3.8) is 0 Å². The van der Waals surface area contributed by atoms with Crippen LogP contribution in [0.5, 0.6) is 0 Å². The van der Waals surface area contributed by atoms with Crippen LogP contribution in [0.4, 0.5) is 0 Å². The van der Waals surface area contributed by atoms with Crippen LogP contribution in [-0.4, -0.2) is 20.6 Å². The van der Waals surface area contributed by atoms with Crippen molar-refractivity contribution in [1.82, 2.24) is 0 Å². The third-order valence-electron chi connectivity index (χ3n) is 2.19. The summed E-state index contributed by atoms with van der Waals surface area (Å²) >= 11 is 0. The van der Waals surface area contributed by atoms with Crippen molar-refractivity contribution < 1.29 is 9.59 Å². The fraction of sp³-hybridized carbons (Fsp3) is 0.200. The Balaban J connectivity index is 3.33. The molecule has 0 aliphatic carbocycles. The van der Waals surface area contributed by atoms with Gasteiger partial charge in [-0.3, -0.25) is 0 Å². The third kappa shape index (κ3) is 2.36. The van der Waals surface area contributed by atoms with Crippen LogP contribution in [-0.2, 0) is 9.59 Å². The number of benzene rings is 1. The average molecular weight is 218 g/mol. The van der Waals surface area contributed by atoms with E-state index in [2.05, 4.69) is 9.32 Å². The van der Waals surface area contributed by atoms with Crippen molar-refractivity contribution in [1.29, 1.82) is 0 Å². The summed E-state index contributed by atoms with van der Waals surface area (Å²) in [6.45, 7) is 1.85.